The molecule has 4 rings (SSSR count). The molecule has 0 bridgehead atoms. The zero-order chi connectivity index (χ0) is 31.0. The minimum Gasteiger partial charge on any atom is -0.497 e. The van der Waals surface area contributed by atoms with Crippen molar-refractivity contribution in [1.82, 2.24) is 0 Å². The Hall–Kier alpha value is -4.20. The second-order valence-corrected chi connectivity index (χ2v) is 13.4. The van der Waals surface area contributed by atoms with Crippen LogP contribution in [0.3, 0.4) is 0 Å². The number of sulfonamides is 2. The first kappa shape index (κ1) is 31.7. The largest absolute Gasteiger partial charge is 0.497 e. The average molecular weight is 642 g/mol. The van der Waals surface area contributed by atoms with Crippen LogP contribution in [0.4, 0.5) is 17.1 Å². The normalized spacial score (nSPS) is 11.4. The van der Waals surface area contributed by atoms with Crippen molar-refractivity contribution in [3.05, 3.63) is 97.1 Å². The third kappa shape index (κ3) is 8.00. The van der Waals surface area contributed by atoms with Gasteiger partial charge in [-0.05, 0) is 110 Å². The summed E-state index contributed by atoms with van der Waals surface area (Å²) in [4.78, 5) is 14.0. The number of nitrogens with zero attached hydrogens (tertiary/aromatic N) is 1. The van der Waals surface area contributed by atoms with Crippen molar-refractivity contribution in [2.24, 2.45) is 0 Å². The molecule has 2 N–H and O–H groups in total. The summed E-state index contributed by atoms with van der Waals surface area (Å²) in [5.74, 6) is 0.532. The van der Waals surface area contributed by atoms with Gasteiger partial charge in [0.1, 0.15) is 18.0 Å². The number of ether oxygens (including phenoxy) is 2. The van der Waals surface area contributed by atoms with Crippen molar-refractivity contribution in [1.29, 1.82) is 0 Å². The average Bonchev–Trinajstić information content (AvgIpc) is 3.01. The molecule has 4 aromatic rings. The molecule has 0 aliphatic rings. The highest BCUT2D eigenvalue weighted by atomic mass is 32.2. The lowest BCUT2D eigenvalue weighted by Crippen LogP contribution is -2.38. The van der Waals surface area contributed by atoms with Gasteiger partial charge in [-0.3, -0.25) is 13.8 Å². The van der Waals surface area contributed by atoms with E-state index in [9.17, 15) is 21.6 Å². The van der Waals surface area contributed by atoms with Crippen molar-refractivity contribution in [2.75, 3.05) is 40.9 Å². The van der Waals surface area contributed by atoms with Crippen LogP contribution in [0.5, 0.6) is 11.5 Å². The second-order valence-electron chi connectivity index (χ2n) is 9.02. The first-order valence-corrected chi connectivity index (χ1v) is 17.2. The van der Waals surface area contributed by atoms with Gasteiger partial charge in [-0.25, -0.2) is 16.8 Å². The molecule has 0 spiro atoms. The third-order valence-corrected chi connectivity index (χ3v) is 10.1. The Bertz CT molecular complexity index is 1740. The molecule has 43 heavy (non-hydrogen) atoms. The van der Waals surface area contributed by atoms with Gasteiger partial charge in [-0.15, -0.1) is 11.8 Å². The SMILES string of the molecule is CCOc1ccc(N(CC(=O)Nc2ccc(S(=O)(=O)Nc3ccc(OC)cc3)cc2)S(=O)(=O)c2ccc(SC)cc2)cc1. The highest BCUT2D eigenvalue weighted by Gasteiger charge is 2.27. The third-order valence-electron chi connectivity index (χ3n) is 6.16. The van der Waals surface area contributed by atoms with E-state index in [1.54, 1.807) is 60.7 Å². The lowest BCUT2D eigenvalue weighted by Gasteiger charge is -2.24. The van der Waals surface area contributed by atoms with Gasteiger partial charge >= 0.3 is 0 Å². The molecule has 0 aromatic heterocycles. The molecule has 0 atom stereocenters. The summed E-state index contributed by atoms with van der Waals surface area (Å²) in [5.41, 5.74) is 0.928. The van der Waals surface area contributed by atoms with Crippen LogP contribution in [0.1, 0.15) is 6.92 Å². The molecule has 4 aromatic carbocycles. The van der Waals surface area contributed by atoms with Crippen LogP contribution in [0.2, 0.25) is 0 Å². The molecule has 0 radical (unpaired) electrons. The van der Waals surface area contributed by atoms with Gasteiger partial charge in [0.25, 0.3) is 20.0 Å². The molecule has 13 heteroatoms. The monoisotopic (exact) mass is 641 g/mol. The van der Waals surface area contributed by atoms with Crippen LogP contribution < -0.4 is 23.8 Å². The lowest BCUT2D eigenvalue weighted by molar-refractivity contribution is -0.114. The lowest BCUT2D eigenvalue weighted by atomic mass is 10.3. The summed E-state index contributed by atoms with van der Waals surface area (Å²) >= 11 is 1.48. The fourth-order valence-electron chi connectivity index (χ4n) is 3.99. The Kier molecular flexibility index (Phi) is 10.2. The number of rotatable bonds is 13. The fraction of sp³-hybridized carbons (Fsp3) is 0.167. The van der Waals surface area contributed by atoms with Crippen molar-refractivity contribution in [3.8, 4) is 11.5 Å². The number of thioether (sulfide) groups is 1. The van der Waals surface area contributed by atoms with Crippen LogP contribution in [0.15, 0.2) is 112 Å². The van der Waals surface area contributed by atoms with Crippen molar-refractivity contribution in [2.45, 2.75) is 21.6 Å². The molecule has 0 saturated heterocycles. The summed E-state index contributed by atoms with van der Waals surface area (Å²) in [5, 5.41) is 2.65. The van der Waals surface area contributed by atoms with Crippen molar-refractivity contribution in [3.63, 3.8) is 0 Å². The predicted octanol–water partition coefficient (Wildman–Crippen LogP) is 5.45. The molecule has 0 unspecified atom stereocenters. The van der Waals surface area contributed by atoms with E-state index in [2.05, 4.69) is 10.0 Å². The number of anilines is 3. The summed E-state index contributed by atoms with van der Waals surface area (Å²) in [6.07, 6.45) is 1.89. The predicted molar refractivity (Wildman–Crippen MR) is 169 cm³/mol. The number of hydrogen-bond donors (Lipinski definition) is 2. The van der Waals surface area contributed by atoms with E-state index < -0.39 is 32.5 Å². The Morgan fingerprint density at radius 1 is 0.767 bits per heavy atom. The maximum absolute atomic E-state index is 13.7. The van der Waals surface area contributed by atoms with Gasteiger partial charge in [0.2, 0.25) is 5.91 Å². The summed E-state index contributed by atoms with van der Waals surface area (Å²) < 4.78 is 67.1. The quantitative estimate of drug-likeness (QED) is 0.184. The number of benzene rings is 4. The first-order chi connectivity index (χ1) is 20.5. The van der Waals surface area contributed by atoms with Gasteiger partial charge in [-0.1, -0.05) is 0 Å². The summed E-state index contributed by atoms with van der Waals surface area (Å²) in [6.45, 7) is 1.76. The molecule has 0 heterocycles. The Morgan fingerprint density at radius 3 is 1.88 bits per heavy atom. The van der Waals surface area contributed by atoms with E-state index in [0.717, 1.165) is 9.20 Å². The van der Waals surface area contributed by atoms with E-state index in [1.807, 2.05) is 13.2 Å². The van der Waals surface area contributed by atoms with Gasteiger partial charge in [-0.2, -0.15) is 0 Å². The summed E-state index contributed by atoms with van der Waals surface area (Å²) in [7, 11) is -6.51. The van der Waals surface area contributed by atoms with Gasteiger partial charge in [0.15, 0.2) is 0 Å². The standard InChI is InChI=1S/C30H31N3O7S3/c1-4-40-26-13-9-24(10-14-26)33(43(37,38)29-19-15-27(41-3)16-20-29)21-30(34)31-22-7-17-28(18-8-22)42(35,36)32-23-5-11-25(39-2)12-6-23/h5-20,32H,4,21H2,1-3H3,(H,31,34). The van der Waals surface area contributed by atoms with E-state index in [4.69, 9.17) is 9.47 Å². The van der Waals surface area contributed by atoms with Gasteiger partial charge in [0, 0.05) is 16.3 Å². The Labute approximate surface area is 256 Å². The molecular weight excluding hydrogens is 611 g/mol. The van der Waals surface area contributed by atoms with E-state index in [-0.39, 0.29) is 15.5 Å². The smallest absolute Gasteiger partial charge is 0.264 e. The Morgan fingerprint density at radius 2 is 1.33 bits per heavy atom. The van der Waals surface area contributed by atoms with E-state index >= 15 is 0 Å². The number of nitrogens with one attached hydrogen (secondary N) is 2. The van der Waals surface area contributed by atoms with Gasteiger partial charge < -0.3 is 14.8 Å². The summed E-state index contributed by atoms with van der Waals surface area (Å²) in [6, 6.07) is 24.8. The van der Waals surface area contributed by atoms with Crippen LogP contribution in [-0.4, -0.2) is 49.3 Å². The molecule has 1 amide bonds. The molecule has 0 aliphatic heterocycles. The van der Waals surface area contributed by atoms with Crippen LogP contribution in [0.25, 0.3) is 0 Å². The molecule has 0 saturated carbocycles. The van der Waals surface area contributed by atoms with E-state index in [0.29, 0.717) is 29.5 Å². The molecule has 0 aliphatic carbocycles. The van der Waals surface area contributed by atoms with Crippen molar-refractivity contribution < 1.29 is 31.1 Å². The number of amides is 1. The van der Waals surface area contributed by atoms with Crippen LogP contribution in [0, 0.1) is 0 Å². The fourth-order valence-corrected chi connectivity index (χ4v) is 6.87. The van der Waals surface area contributed by atoms with Crippen molar-refractivity contribution >= 4 is 54.8 Å². The highest BCUT2D eigenvalue weighted by molar-refractivity contribution is 7.98. The topological polar surface area (TPSA) is 131 Å². The van der Waals surface area contributed by atoms with Gasteiger partial charge in [0.05, 0.1) is 29.2 Å². The number of hydrogen-bond acceptors (Lipinski definition) is 8. The molecular formula is C30H31N3O7S3. The van der Waals surface area contributed by atoms with Crippen LogP contribution in [-0.2, 0) is 24.8 Å². The minimum atomic E-state index is -4.12. The first-order valence-electron chi connectivity index (χ1n) is 13.0. The van der Waals surface area contributed by atoms with Crippen LogP contribution >= 0.6 is 11.8 Å². The minimum absolute atomic E-state index is 0.0198. The maximum atomic E-state index is 13.7. The molecule has 10 nitrogen and oxygen atoms in total. The molecule has 0 fully saturated rings. The molecule has 226 valence electrons. The zero-order valence-corrected chi connectivity index (χ0v) is 26.1. The maximum Gasteiger partial charge on any atom is 0.264 e. The Balaban J connectivity index is 1.52. The zero-order valence-electron chi connectivity index (χ0n) is 23.7. The number of carbonyl (C=O) groups excluding carboxylic acids is 1. The van der Waals surface area contributed by atoms with E-state index in [1.165, 1.54) is 55.3 Å². The number of carbonyl (C=O) groups is 1. The second kappa shape index (κ2) is 13.8. The number of methoxy groups -OCH3 is 1. The highest BCUT2D eigenvalue weighted by Crippen LogP contribution is 2.28.